The van der Waals surface area contributed by atoms with Crippen molar-refractivity contribution >= 4 is 0 Å². The van der Waals surface area contributed by atoms with Gasteiger partial charge in [0.05, 0.1) is 11.9 Å². The van der Waals surface area contributed by atoms with Gasteiger partial charge in [0.25, 0.3) is 0 Å². The average Bonchev–Trinajstić information content (AvgIpc) is 3.04. The van der Waals surface area contributed by atoms with Crippen LogP contribution in [0.15, 0.2) is 18.5 Å². The maximum atomic E-state index is 12.6. The van der Waals surface area contributed by atoms with Crippen LogP contribution in [0.5, 0.6) is 0 Å². The molecule has 0 aromatic carbocycles. The maximum Gasteiger partial charge on any atom is 0.435 e. The van der Waals surface area contributed by atoms with E-state index in [-0.39, 0.29) is 0 Å². The van der Waals surface area contributed by atoms with Crippen LogP contribution in [-0.4, -0.2) is 19.6 Å². The zero-order valence-electron chi connectivity index (χ0n) is 12.0. The summed E-state index contributed by atoms with van der Waals surface area (Å²) >= 11 is 0. The lowest BCUT2D eigenvalue weighted by atomic mass is 10.3. The molecular formula is C13H18F3N5. The van der Waals surface area contributed by atoms with E-state index in [1.54, 1.807) is 17.8 Å². The zero-order chi connectivity index (χ0) is 15.5. The Balaban J connectivity index is 1.97. The highest BCUT2D eigenvalue weighted by atomic mass is 19.4. The molecule has 0 aliphatic carbocycles. The molecule has 5 nitrogen and oxygen atoms in total. The number of aromatic nitrogens is 4. The van der Waals surface area contributed by atoms with Gasteiger partial charge in [0.15, 0.2) is 5.69 Å². The van der Waals surface area contributed by atoms with Crippen LogP contribution < -0.4 is 5.32 Å². The average molecular weight is 301 g/mol. The fraction of sp³-hybridized carbons (Fsp3) is 0.538. The van der Waals surface area contributed by atoms with Crippen molar-refractivity contribution in [3.8, 4) is 0 Å². The summed E-state index contributed by atoms with van der Waals surface area (Å²) in [5.41, 5.74) is 0.670. The van der Waals surface area contributed by atoms with Crippen LogP contribution in [0.25, 0.3) is 0 Å². The summed E-state index contributed by atoms with van der Waals surface area (Å²) in [4.78, 5) is 0. The second-order valence-electron chi connectivity index (χ2n) is 4.64. The van der Waals surface area contributed by atoms with Gasteiger partial charge in [-0.15, -0.1) is 0 Å². The molecule has 0 fully saturated rings. The Bertz CT molecular complexity index is 585. The van der Waals surface area contributed by atoms with E-state index in [4.69, 9.17) is 0 Å². The Morgan fingerprint density at radius 3 is 2.52 bits per heavy atom. The first-order chi connectivity index (χ1) is 9.94. The number of hydrogen-bond donors (Lipinski definition) is 1. The Morgan fingerprint density at radius 2 is 1.95 bits per heavy atom. The van der Waals surface area contributed by atoms with Gasteiger partial charge in [-0.05, 0) is 19.9 Å². The molecule has 0 spiro atoms. The van der Waals surface area contributed by atoms with E-state index >= 15 is 0 Å². The van der Waals surface area contributed by atoms with Crippen molar-refractivity contribution in [1.29, 1.82) is 0 Å². The third-order valence-electron chi connectivity index (χ3n) is 3.10. The summed E-state index contributed by atoms with van der Waals surface area (Å²) in [6, 6.07) is 1.09. The van der Waals surface area contributed by atoms with Crippen molar-refractivity contribution in [3.05, 3.63) is 35.4 Å². The van der Waals surface area contributed by atoms with Crippen molar-refractivity contribution in [2.75, 3.05) is 0 Å². The van der Waals surface area contributed by atoms with Crippen LogP contribution in [0.4, 0.5) is 13.2 Å². The van der Waals surface area contributed by atoms with Gasteiger partial charge >= 0.3 is 6.18 Å². The highest BCUT2D eigenvalue weighted by Crippen LogP contribution is 2.28. The molecule has 2 aromatic heterocycles. The fourth-order valence-electron chi connectivity index (χ4n) is 2.02. The van der Waals surface area contributed by atoms with Gasteiger partial charge in [-0.3, -0.25) is 9.36 Å². The molecule has 2 rings (SSSR count). The topological polar surface area (TPSA) is 47.7 Å². The van der Waals surface area contributed by atoms with Crippen molar-refractivity contribution < 1.29 is 13.2 Å². The number of rotatable bonds is 6. The predicted octanol–water partition coefficient (Wildman–Crippen LogP) is 2.43. The van der Waals surface area contributed by atoms with Gasteiger partial charge < -0.3 is 5.32 Å². The SMILES string of the molecule is CCn1cc(CNCc2cc(C(F)(F)F)nn2CC)cn1. The molecule has 2 heterocycles. The highest BCUT2D eigenvalue weighted by molar-refractivity contribution is 5.13. The Labute approximate surface area is 120 Å². The smallest absolute Gasteiger partial charge is 0.307 e. The quantitative estimate of drug-likeness (QED) is 0.891. The van der Waals surface area contributed by atoms with Gasteiger partial charge in [0, 0.05) is 37.9 Å². The monoisotopic (exact) mass is 301 g/mol. The van der Waals surface area contributed by atoms with Gasteiger partial charge in [-0.1, -0.05) is 0 Å². The molecule has 0 aliphatic rings. The summed E-state index contributed by atoms with van der Waals surface area (Å²) in [6.45, 7) is 5.83. The summed E-state index contributed by atoms with van der Waals surface area (Å²) in [7, 11) is 0. The lowest BCUT2D eigenvalue weighted by molar-refractivity contribution is -0.141. The molecule has 0 amide bonds. The molecule has 8 heteroatoms. The van der Waals surface area contributed by atoms with E-state index in [2.05, 4.69) is 15.5 Å². The number of aryl methyl sites for hydroxylation is 2. The summed E-state index contributed by atoms with van der Waals surface area (Å²) in [5, 5.41) is 10.8. The number of halogens is 3. The first-order valence-electron chi connectivity index (χ1n) is 6.80. The number of alkyl halides is 3. The van der Waals surface area contributed by atoms with Crippen LogP contribution in [0.2, 0.25) is 0 Å². The largest absolute Gasteiger partial charge is 0.435 e. The van der Waals surface area contributed by atoms with E-state index in [1.165, 1.54) is 4.68 Å². The molecule has 0 atom stereocenters. The summed E-state index contributed by atoms with van der Waals surface area (Å²) in [5.74, 6) is 0. The second-order valence-corrected chi connectivity index (χ2v) is 4.64. The minimum Gasteiger partial charge on any atom is -0.307 e. The minimum atomic E-state index is -4.41. The maximum absolute atomic E-state index is 12.6. The van der Waals surface area contributed by atoms with Crippen LogP contribution in [0, 0.1) is 0 Å². The molecule has 0 saturated heterocycles. The van der Waals surface area contributed by atoms with Gasteiger partial charge in [0.2, 0.25) is 0 Å². The standard InChI is InChI=1S/C13H18F3N5/c1-3-20-9-10(7-18-20)6-17-8-11-5-12(13(14,15)16)19-21(11)4-2/h5,7,9,17H,3-4,6,8H2,1-2H3. The normalized spacial score (nSPS) is 12.0. The summed E-state index contributed by atoms with van der Waals surface area (Å²) < 4.78 is 41.1. The molecule has 2 aromatic rings. The van der Waals surface area contributed by atoms with E-state index in [0.29, 0.717) is 25.3 Å². The van der Waals surface area contributed by atoms with E-state index in [0.717, 1.165) is 18.2 Å². The number of hydrogen-bond acceptors (Lipinski definition) is 3. The molecule has 0 bridgehead atoms. The van der Waals surface area contributed by atoms with Gasteiger partial charge in [-0.25, -0.2) is 0 Å². The number of nitrogens with one attached hydrogen (secondary N) is 1. The molecule has 1 N–H and O–H groups in total. The minimum absolute atomic E-state index is 0.328. The van der Waals surface area contributed by atoms with Crippen molar-refractivity contribution in [1.82, 2.24) is 24.9 Å². The molecule has 116 valence electrons. The molecular weight excluding hydrogens is 283 g/mol. The van der Waals surface area contributed by atoms with Crippen LogP contribution in [-0.2, 0) is 32.4 Å². The van der Waals surface area contributed by atoms with E-state index in [1.807, 2.05) is 13.1 Å². The molecule has 0 aliphatic heterocycles. The lowest BCUT2D eigenvalue weighted by Crippen LogP contribution is -2.15. The van der Waals surface area contributed by atoms with Crippen molar-refractivity contribution in [2.45, 2.75) is 46.2 Å². The first kappa shape index (κ1) is 15.6. The predicted molar refractivity (Wildman–Crippen MR) is 71.3 cm³/mol. The molecule has 0 radical (unpaired) electrons. The fourth-order valence-corrected chi connectivity index (χ4v) is 2.02. The highest BCUT2D eigenvalue weighted by Gasteiger charge is 2.34. The van der Waals surface area contributed by atoms with Crippen LogP contribution in [0.1, 0.15) is 30.8 Å². The Hall–Kier alpha value is -1.83. The third kappa shape index (κ3) is 3.84. The van der Waals surface area contributed by atoms with Crippen LogP contribution in [0.3, 0.4) is 0 Å². The summed E-state index contributed by atoms with van der Waals surface area (Å²) in [6.07, 6.45) is -0.753. The lowest BCUT2D eigenvalue weighted by Gasteiger charge is -2.05. The van der Waals surface area contributed by atoms with E-state index in [9.17, 15) is 13.2 Å². The Kier molecular flexibility index (Phi) is 4.66. The van der Waals surface area contributed by atoms with E-state index < -0.39 is 11.9 Å². The Morgan fingerprint density at radius 1 is 1.19 bits per heavy atom. The third-order valence-corrected chi connectivity index (χ3v) is 3.10. The first-order valence-corrected chi connectivity index (χ1v) is 6.80. The second kappa shape index (κ2) is 6.30. The van der Waals surface area contributed by atoms with Crippen LogP contribution >= 0.6 is 0 Å². The van der Waals surface area contributed by atoms with Gasteiger partial charge in [-0.2, -0.15) is 23.4 Å². The zero-order valence-corrected chi connectivity index (χ0v) is 12.0. The van der Waals surface area contributed by atoms with Gasteiger partial charge in [0.1, 0.15) is 0 Å². The molecule has 0 saturated carbocycles. The van der Waals surface area contributed by atoms with Crippen molar-refractivity contribution in [2.24, 2.45) is 0 Å². The molecule has 0 unspecified atom stereocenters. The molecule has 21 heavy (non-hydrogen) atoms. The number of nitrogens with zero attached hydrogens (tertiary/aromatic N) is 4. The van der Waals surface area contributed by atoms with Crippen molar-refractivity contribution in [3.63, 3.8) is 0 Å².